The molecular formula is C21H26N2O2S. The van der Waals surface area contributed by atoms with Crippen molar-refractivity contribution in [1.82, 2.24) is 10.2 Å². The Hall–Kier alpha value is -1.85. The second-order valence-electron chi connectivity index (χ2n) is 7.27. The molecule has 0 bridgehead atoms. The van der Waals surface area contributed by atoms with Gasteiger partial charge in [0, 0.05) is 18.0 Å². The highest BCUT2D eigenvalue weighted by Crippen LogP contribution is 2.41. The second-order valence-corrected chi connectivity index (χ2v) is 8.30. The maximum Gasteiger partial charge on any atom is 0.318 e. The molecule has 2 amide bonds. The van der Waals surface area contributed by atoms with Gasteiger partial charge in [0.1, 0.15) is 0 Å². The molecule has 0 radical (unpaired) electrons. The van der Waals surface area contributed by atoms with Gasteiger partial charge in [-0.1, -0.05) is 36.4 Å². The summed E-state index contributed by atoms with van der Waals surface area (Å²) in [6.07, 6.45) is 4.68. The van der Waals surface area contributed by atoms with Gasteiger partial charge in [-0.3, -0.25) is 0 Å². The smallest absolute Gasteiger partial charge is 0.318 e. The third kappa shape index (κ3) is 4.46. The van der Waals surface area contributed by atoms with E-state index in [1.807, 2.05) is 29.2 Å². The van der Waals surface area contributed by atoms with Gasteiger partial charge >= 0.3 is 6.03 Å². The molecule has 1 saturated heterocycles. The molecule has 2 fully saturated rings. The molecule has 1 aliphatic heterocycles. The summed E-state index contributed by atoms with van der Waals surface area (Å²) >= 11 is 1.70. The Morgan fingerprint density at radius 2 is 2.04 bits per heavy atom. The van der Waals surface area contributed by atoms with Crippen LogP contribution in [0.4, 0.5) is 4.79 Å². The number of nitrogens with one attached hydrogen (secondary N) is 1. The molecule has 2 heterocycles. The molecule has 2 aromatic rings. The molecule has 1 aromatic heterocycles. The van der Waals surface area contributed by atoms with Crippen LogP contribution in [-0.4, -0.2) is 30.2 Å². The Kier molecular flexibility index (Phi) is 5.56. The number of rotatable bonds is 7. The van der Waals surface area contributed by atoms with Crippen molar-refractivity contribution in [3.63, 3.8) is 0 Å². The standard InChI is InChI=1S/C21H26N2O2S/c24-21(22-20(17-10-11-17)16-6-2-1-3-7-16)23(14-18-8-4-12-25-18)15-19-9-5-13-26-19/h1-3,5-7,9,13,17-18,20H,4,8,10-12,14-15H2,(H,22,24). The van der Waals surface area contributed by atoms with Gasteiger partial charge < -0.3 is 15.0 Å². The fourth-order valence-electron chi connectivity index (χ4n) is 3.63. The highest BCUT2D eigenvalue weighted by molar-refractivity contribution is 7.09. The van der Waals surface area contributed by atoms with Gasteiger partial charge in [0.2, 0.25) is 0 Å². The number of benzene rings is 1. The van der Waals surface area contributed by atoms with E-state index in [4.69, 9.17) is 4.74 Å². The molecule has 5 heteroatoms. The first-order valence-electron chi connectivity index (χ1n) is 9.54. The van der Waals surface area contributed by atoms with E-state index in [-0.39, 0.29) is 18.2 Å². The minimum Gasteiger partial charge on any atom is -0.376 e. The number of carbonyl (C=O) groups is 1. The molecule has 4 rings (SSSR count). The number of nitrogens with zero attached hydrogens (tertiary/aromatic N) is 1. The monoisotopic (exact) mass is 370 g/mol. The Morgan fingerprint density at radius 1 is 1.19 bits per heavy atom. The van der Waals surface area contributed by atoms with E-state index in [0.717, 1.165) is 19.4 Å². The summed E-state index contributed by atoms with van der Waals surface area (Å²) in [4.78, 5) is 16.3. The van der Waals surface area contributed by atoms with Crippen molar-refractivity contribution in [1.29, 1.82) is 0 Å². The average molecular weight is 371 g/mol. The van der Waals surface area contributed by atoms with Crippen LogP contribution in [0.3, 0.4) is 0 Å². The number of hydrogen-bond donors (Lipinski definition) is 1. The Labute approximate surface area is 159 Å². The summed E-state index contributed by atoms with van der Waals surface area (Å²) in [7, 11) is 0. The number of carbonyl (C=O) groups excluding carboxylic acids is 1. The van der Waals surface area contributed by atoms with Crippen LogP contribution in [0.25, 0.3) is 0 Å². The summed E-state index contributed by atoms with van der Waals surface area (Å²) in [6.45, 7) is 2.12. The van der Waals surface area contributed by atoms with E-state index in [1.165, 1.54) is 23.3 Å². The molecule has 1 aliphatic carbocycles. The number of amides is 2. The average Bonchev–Trinajstić information content (AvgIpc) is 3.14. The zero-order valence-corrected chi connectivity index (χ0v) is 15.8. The first-order valence-corrected chi connectivity index (χ1v) is 10.4. The van der Waals surface area contributed by atoms with E-state index < -0.39 is 0 Å². The summed E-state index contributed by atoms with van der Waals surface area (Å²) in [5, 5.41) is 5.38. The molecule has 1 N–H and O–H groups in total. The van der Waals surface area contributed by atoms with Gasteiger partial charge in [-0.05, 0) is 48.6 Å². The first-order chi connectivity index (χ1) is 12.8. The predicted molar refractivity (Wildman–Crippen MR) is 104 cm³/mol. The van der Waals surface area contributed by atoms with Crippen molar-refractivity contribution < 1.29 is 9.53 Å². The van der Waals surface area contributed by atoms with E-state index >= 15 is 0 Å². The lowest BCUT2D eigenvalue weighted by molar-refractivity contribution is 0.0789. The number of urea groups is 1. The fraction of sp³-hybridized carbons (Fsp3) is 0.476. The molecule has 138 valence electrons. The van der Waals surface area contributed by atoms with Gasteiger partial charge in [-0.15, -0.1) is 11.3 Å². The molecular weight excluding hydrogens is 344 g/mol. The van der Waals surface area contributed by atoms with E-state index in [2.05, 4.69) is 28.9 Å². The van der Waals surface area contributed by atoms with Crippen molar-refractivity contribution >= 4 is 17.4 Å². The topological polar surface area (TPSA) is 41.6 Å². The van der Waals surface area contributed by atoms with Crippen molar-refractivity contribution in [2.75, 3.05) is 13.2 Å². The van der Waals surface area contributed by atoms with Crippen molar-refractivity contribution in [2.45, 2.75) is 44.4 Å². The van der Waals surface area contributed by atoms with Gasteiger partial charge in [0.25, 0.3) is 0 Å². The van der Waals surface area contributed by atoms with E-state index in [9.17, 15) is 4.79 Å². The molecule has 2 unspecified atom stereocenters. The lowest BCUT2D eigenvalue weighted by Crippen LogP contribution is -2.44. The van der Waals surface area contributed by atoms with Crippen LogP contribution < -0.4 is 5.32 Å². The number of thiophene rings is 1. The summed E-state index contributed by atoms with van der Waals surface area (Å²) in [5.74, 6) is 0.563. The Morgan fingerprint density at radius 3 is 2.69 bits per heavy atom. The Bertz CT molecular complexity index is 694. The minimum absolute atomic E-state index is 0.0228. The maximum atomic E-state index is 13.1. The van der Waals surface area contributed by atoms with Crippen LogP contribution in [0.5, 0.6) is 0 Å². The summed E-state index contributed by atoms with van der Waals surface area (Å²) < 4.78 is 5.78. The van der Waals surface area contributed by atoms with Crippen LogP contribution in [0.2, 0.25) is 0 Å². The zero-order valence-electron chi connectivity index (χ0n) is 15.0. The van der Waals surface area contributed by atoms with Gasteiger partial charge in [0.05, 0.1) is 18.7 Å². The predicted octanol–water partition coefficient (Wildman–Crippen LogP) is 4.59. The van der Waals surface area contributed by atoms with Crippen LogP contribution in [0.1, 0.15) is 42.2 Å². The molecule has 26 heavy (non-hydrogen) atoms. The van der Waals surface area contributed by atoms with Crippen LogP contribution in [0.15, 0.2) is 47.8 Å². The SMILES string of the molecule is O=C(NC(c1ccccc1)C1CC1)N(Cc1cccs1)CC1CCCO1. The molecule has 1 saturated carbocycles. The van der Waals surface area contributed by atoms with E-state index in [0.29, 0.717) is 19.0 Å². The van der Waals surface area contributed by atoms with Gasteiger partial charge in [-0.25, -0.2) is 4.79 Å². The third-order valence-electron chi connectivity index (χ3n) is 5.19. The summed E-state index contributed by atoms with van der Waals surface area (Å²) in [6, 6.07) is 14.6. The van der Waals surface area contributed by atoms with Crippen molar-refractivity contribution in [3.8, 4) is 0 Å². The van der Waals surface area contributed by atoms with Crippen molar-refractivity contribution in [2.24, 2.45) is 5.92 Å². The van der Waals surface area contributed by atoms with Crippen LogP contribution >= 0.6 is 11.3 Å². The Balaban J connectivity index is 1.47. The molecule has 4 nitrogen and oxygen atoms in total. The third-order valence-corrected chi connectivity index (χ3v) is 6.05. The van der Waals surface area contributed by atoms with Crippen molar-refractivity contribution in [3.05, 3.63) is 58.3 Å². The molecule has 2 aliphatic rings. The lowest BCUT2D eigenvalue weighted by atomic mass is 10.0. The summed E-state index contributed by atoms with van der Waals surface area (Å²) in [5.41, 5.74) is 1.21. The normalized spacial score (nSPS) is 20.7. The first kappa shape index (κ1) is 17.6. The maximum absolute atomic E-state index is 13.1. The minimum atomic E-state index is 0.0228. The molecule has 2 atom stereocenters. The number of ether oxygens (including phenoxy) is 1. The quantitative estimate of drug-likeness (QED) is 0.774. The lowest BCUT2D eigenvalue weighted by Gasteiger charge is -2.28. The van der Waals surface area contributed by atoms with E-state index in [1.54, 1.807) is 11.3 Å². The highest BCUT2D eigenvalue weighted by atomic mass is 32.1. The highest BCUT2D eigenvalue weighted by Gasteiger charge is 2.34. The number of hydrogen-bond acceptors (Lipinski definition) is 3. The van der Waals surface area contributed by atoms with Crippen LogP contribution in [-0.2, 0) is 11.3 Å². The zero-order chi connectivity index (χ0) is 17.8. The second kappa shape index (κ2) is 8.23. The van der Waals surface area contributed by atoms with Crippen LogP contribution in [0, 0.1) is 5.92 Å². The largest absolute Gasteiger partial charge is 0.376 e. The molecule has 1 aromatic carbocycles. The van der Waals surface area contributed by atoms with Gasteiger partial charge in [0.15, 0.2) is 0 Å². The molecule has 0 spiro atoms. The van der Waals surface area contributed by atoms with Gasteiger partial charge in [-0.2, -0.15) is 0 Å². The fourth-order valence-corrected chi connectivity index (χ4v) is 4.35.